The van der Waals surface area contributed by atoms with Crippen LogP contribution in [0, 0.1) is 0 Å². The van der Waals surface area contributed by atoms with E-state index in [0.717, 1.165) is 45.3 Å². The summed E-state index contributed by atoms with van der Waals surface area (Å²) in [7, 11) is 0. The Bertz CT molecular complexity index is 359. The molecule has 4 heteroatoms. The second kappa shape index (κ2) is 12.3. The van der Waals surface area contributed by atoms with Crippen molar-refractivity contribution >= 4 is 11.8 Å². The molecule has 1 fully saturated rings. The largest absolute Gasteiger partial charge is 0.341 e. The number of unbranched alkanes of at least 4 members (excludes halogenated alkanes) is 6. The van der Waals surface area contributed by atoms with Crippen LogP contribution in [-0.2, 0) is 9.59 Å². The summed E-state index contributed by atoms with van der Waals surface area (Å²) in [4.78, 5) is 29.0. The molecule has 2 amide bonds. The fourth-order valence-corrected chi connectivity index (χ4v) is 3.53. The second-order valence-electron chi connectivity index (χ2n) is 7.06. The predicted octanol–water partition coefficient (Wildman–Crippen LogP) is 4.38. The molecule has 24 heavy (non-hydrogen) atoms. The van der Waals surface area contributed by atoms with Crippen molar-refractivity contribution in [3.8, 4) is 0 Å². The van der Waals surface area contributed by atoms with Gasteiger partial charge in [0.15, 0.2) is 0 Å². The molecule has 0 aromatic carbocycles. The number of carbonyl (C=O) groups excluding carboxylic acids is 2. The van der Waals surface area contributed by atoms with Gasteiger partial charge in [0, 0.05) is 26.1 Å². The molecule has 1 rings (SSSR count). The van der Waals surface area contributed by atoms with E-state index in [1.807, 2.05) is 16.7 Å². The van der Waals surface area contributed by atoms with Crippen molar-refractivity contribution in [2.24, 2.45) is 0 Å². The number of carbonyl (C=O) groups is 2. The van der Waals surface area contributed by atoms with Crippen LogP contribution < -0.4 is 0 Å². The van der Waals surface area contributed by atoms with Crippen LogP contribution in [0.2, 0.25) is 0 Å². The molecule has 1 atom stereocenters. The smallest absolute Gasteiger partial charge is 0.245 e. The monoisotopic (exact) mass is 338 g/mol. The molecule has 0 N–H and O–H groups in total. The van der Waals surface area contributed by atoms with Crippen LogP contribution in [0.15, 0.2) is 0 Å². The van der Waals surface area contributed by atoms with Crippen LogP contribution in [0.25, 0.3) is 0 Å². The summed E-state index contributed by atoms with van der Waals surface area (Å²) in [6.07, 6.45) is 11.7. The second-order valence-corrected chi connectivity index (χ2v) is 7.06. The number of likely N-dealkylation sites (tertiary alicyclic amines) is 1. The van der Waals surface area contributed by atoms with Gasteiger partial charge < -0.3 is 9.80 Å². The summed E-state index contributed by atoms with van der Waals surface area (Å²) >= 11 is 0. The molecule has 140 valence electrons. The minimum absolute atomic E-state index is 0.159. The third-order valence-electron chi connectivity index (χ3n) is 5.03. The van der Waals surface area contributed by atoms with Crippen LogP contribution >= 0.6 is 0 Å². The average molecular weight is 339 g/mol. The number of nitrogens with zero attached hydrogens (tertiary/aromatic N) is 2. The zero-order valence-corrected chi connectivity index (χ0v) is 16.2. The summed E-state index contributed by atoms with van der Waals surface area (Å²) in [5.41, 5.74) is 0. The van der Waals surface area contributed by atoms with E-state index in [0.29, 0.717) is 6.42 Å². The number of amides is 2. The van der Waals surface area contributed by atoms with E-state index in [9.17, 15) is 9.59 Å². The lowest BCUT2D eigenvalue weighted by atomic mass is 10.1. The Kier molecular flexibility index (Phi) is 10.8. The first-order chi connectivity index (χ1) is 11.7. The van der Waals surface area contributed by atoms with Gasteiger partial charge in [-0.05, 0) is 25.7 Å². The Morgan fingerprint density at radius 3 is 2.00 bits per heavy atom. The normalized spacial score (nSPS) is 15.8. The third-order valence-corrected chi connectivity index (χ3v) is 5.03. The van der Waals surface area contributed by atoms with Crippen LogP contribution in [0.3, 0.4) is 0 Å². The van der Waals surface area contributed by atoms with Gasteiger partial charge in [0.2, 0.25) is 11.8 Å². The standard InChI is InChI=1S/C20H38N2O2/c1-4-7-9-11-15-21(16-12-10-8-5-2)20(24)18(6-3)22-17-13-14-19(22)23/h18H,4-17H2,1-3H3/t18-/m0/s1. The van der Waals surface area contributed by atoms with Crippen LogP contribution in [0.4, 0.5) is 0 Å². The maximum atomic E-state index is 13.1. The van der Waals surface area contributed by atoms with Gasteiger partial charge in [-0.3, -0.25) is 9.59 Å². The van der Waals surface area contributed by atoms with Crippen molar-refractivity contribution in [2.75, 3.05) is 19.6 Å². The van der Waals surface area contributed by atoms with Gasteiger partial charge in [0.05, 0.1) is 0 Å². The van der Waals surface area contributed by atoms with Crippen LogP contribution in [-0.4, -0.2) is 47.3 Å². The molecule has 1 saturated heterocycles. The van der Waals surface area contributed by atoms with Gasteiger partial charge in [0.1, 0.15) is 6.04 Å². The molecule has 4 nitrogen and oxygen atoms in total. The molecule has 0 aromatic heterocycles. The predicted molar refractivity (Wildman–Crippen MR) is 99.9 cm³/mol. The van der Waals surface area contributed by atoms with Crippen LogP contribution in [0.1, 0.15) is 91.4 Å². The van der Waals surface area contributed by atoms with E-state index in [2.05, 4.69) is 13.8 Å². The van der Waals surface area contributed by atoms with Gasteiger partial charge in [-0.1, -0.05) is 59.3 Å². The van der Waals surface area contributed by atoms with Gasteiger partial charge in [-0.2, -0.15) is 0 Å². The fourth-order valence-electron chi connectivity index (χ4n) is 3.53. The van der Waals surface area contributed by atoms with E-state index in [1.165, 1.54) is 38.5 Å². The molecular weight excluding hydrogens is 300 g/mol. The molecule has 0 spiro atoms. The molecule has 0 aliphatic carbocycles. The highest BCUT2D eigenvalue weighted by atomic mass is 16.2. The Morgan fingerprint density at radius 1 is 1.00 bits per heavy atom. The van der Waals surface area contributed by atoms with Gasteiger partial charge in [-0.25, -0.2) is 0 Å². The molecule has 1 aliphatic rings. The topological polar surface area (TPSA) is 40.6 Å². The molecule has 1 heterocycles. The molecule has 0 saturated carbocycles. The Balaban J connectivity index is 2.62. The Morgan fingerprint density at radius 2 is 1.58 bits per heavy atom. The van der Waals surface area contributed by atoms with E-state index in [-0.39, 0.29) is 17.9 Å². The van der Waals surface area contributed by atoms with Gasteiger partial charge in [-0.15, -0.1) is 0 Å². The average Bonchev–Trinajstić information content (AvgIpc) is 3.00. The maximum Gasteiger partial charge on any atom is 0.245 e. The van der Waals surface area contributed by atoms with Crippen LogP contribution in [0.5, 0.6) is 0 Å². The molecule has 0 unspecified atom stereocenters. The zero-order valence-electron chi connectivity index (χ0n) is 16.2. The van der Waals surface area contributed by atoms with E-state index >= 15 is 0 Å². The highest BCUT2D eigenvalue weighted by Gasteiger charge is 2.33. The minimum atomic E-state index is -0.239. The molecular formula is C20H38N2O2. The minimum Gasteiger partial charge on any atom is -0.341 e. The quantitative estimate of drug-likeness (QED) is 0.468. The lowest BCUT2D eigenvalue weighted by molar-refractivity contribution is -0.143. The van der Waals surface area contributed by atoms with Crippen molar-refractivity contribution in [3.05, 3.63) is 0 Å². The summed E-state index contributed by atoms with van der Waals surface area (Å²) in [6, 6.07) is -0.239. The first kappa shape index (κ1) is 21.0. The van der Waals surface area contributed by atoms with Crippen molar-refractivity contribution in [1.82, 2.24) is 9.80 Å². The highest BCUT2D eigenvalue weighted by molar-refractivity contribution is 5.88. The summed E-state index contributed by atoms with van der Waals surface area (Å²) in [5.74, 6) is 0.341. The maximum absolute atomic E-state index is 13.1. The molecule has 0 radical (unpaired) electrons. The fraction of sp³-hybridized carbons (Fsp3) is 0.900. The SMILES string of the molecule is CCCCCCN(CCCCCC)C(=O)[C@H](CC)N1CCCC1=O. The van der Waals surface area contributed by atoms with Gasteiger partial charge >= 0.3 is 0 Å². The first-order valence-electron chi connectivity index (χ1n) is 10.2. The van der Waals surface area contributed by atoms with Crippen molar-refractivity contribution < 1.29 is 9.59 Å². The lowest BCUT2D eigenvalue weighted by Crippen LogP contribution is -2.49. The third kappa shape index (κ3) is 6.82. The van der Waals surface area contributed by atoms with Crippen molar-refractivity contribution in [3.63, 3.8) is 0 Å². The van der Waals surface area contributed by atoms with Crippen molar-refractivity contribution in [2.45, 2.75) is 97.4 Å². The summed E-state index contributed by atoms with van der Waals surface area (Å²) in [6.45, 7) is 8.90. The lowest BCUT2D eigenvalue weighted by Gasteiger charge is -2.32. The Labute approximate surface area is 149 Å². The molecule has 1 aliphatic heterocycles. The van der Waals surface area contributed by atoms with Gasteiger partial charge in [0.25, 0.3) is 0 Å². The van der Waals surface area contributed by atoms with Crippen molar-refractivity contribution in [1.29, 1.82) is 0 Å². The highest BCUT2D eigenvalue weighted by Crippen LogP contribution is 2.18. The van der Waals surface area contributed by atoms with E-state index in [4.69, 9.17) is 0 Å². The number of rotatable bonds is 13. The Hall–Kier alpha value is -1.06. The molecule has 0 aromatic rings. The number of hydrogen-bond donors (Lipinski definition) is 0. The van der Waals surface area contributed by atoms with E-state index < -0.39 is 0 Å². The summed E-state index contributed by atoms with van der Waals surface area (Å²) in [5, 5.41) is 0. The molecule has 0 bridgehead atoms. The summed E-state index contributed by atoms with van der Waals surface area (Å²) < 4.78 is 0. The zero-order chi connectivity index (χ0) is 17.8. The number of hydrogen-bond acceptors (Lipinski definition) is 2. The first-order valence-corrected chi connectivity index (χ1v) is 10.2. The van der Waals surface area contributed by atoms with E-state index in [1.54, 1.807) is 0 Å².